The number of hydrazine groups is 1. The normalized spacial score (nSPS) is 18.6. The summed E-state index contributed by atoms with van der Waals surface area (Å²) in [5.74, 6) is 9.36. The summed E-state index contributed by atoms with van der Waals surface area (Å²) < 4.78 is 17.0. The number of fused-ring (bicyclic) bond motifs is 2. The molecule has 44 heavy (non-hydrogen) atoms. The molecule has 0 amide bonds. The van der Waals surface area contributed by atoms with Crippen LogP contribution in [-0.2, 0) is 11.2 Å². The van der Waals surface area contributed by atoms with Crippen LogP contribution in [0.4, 0.5) is 0 Å². The number of rotatable bonds is 6. The third-order valence-electron chi connectivity index (χ3n) is 8.51. The Hall–Kier alpha value is -4.65. The first-order chi connectivity index (χ1) is 21.2. The van der Waals surface area contributed by atoms with Gasteiger partial charge < -0.3 is 14.2 Å². The molecule has 0 spiro atoms. The first-order valence-corrected chi connectivity index (χ1v) is 14.9. The second kappa shape index (κ2) is 12.2. The van der Waals surface area contributed by atoms with Gasteiger partial charge in [0.1, 0.15) is 11.4 Å². The summed E-state index contributed by atoms with van der Waals surface area (Å²) in [7, 11) is 0. The molecule has 0 saturated carbocycles. The standard InChI is InChI=1S/C26H30N2O.C12H8O3/c1-18-15-19(2)23-16-26(4,29-25(23)20(18)3)17-28(27)24(21-11-7-5-8-12-21)22-13-9-6-10-14-22;13-10-3-2-9(10)5-8-1-4-11-12(6-8)15-7-14-11/h5-15,24H,16-17,27H2,1-4H3;1-6H,7H2. The molecule has 0 aromatic heterocycles. The summed E-state index contributed by atoms with van der Waals surface area (Å²) >= 11 is 0. The van der Waals surface area contributed by atoms with E-state index in [-0.39, 0.29) is 24.2 Å². The largest absolute Gasteiger partial charge is 0.485 e. The molecule has 0 radical (unpaired) electrons. The van der Waals surface area contributed by atoms with Crippen molar-refractivity contribution < 1.29 is 19.0 Å². The second-order valence-electron chi connectivity index (χ2n) is 12.0. The smallest absolute Gasteiger partial charge is 0.231 e. The van der Waals surface area contributed by atoms with E-state index in [0.29, 0.717) is 6.54 Å². The molecule has 4 aromatic rings. The van der Waals surface area contributed by atoms with Crippen molar-refractivity contribution in [1.82, 2.24) is 5.01 Å². The van der Waals surface area contributed by atoms with Crippen LogP contribution in [0.2, 0.25) is 0 Å². The Bertz CT molecular complexity index is 1710. The second-order valence-corrected chi connectivity index (χ2v) is 12.0. The van der Waals surface area contributed by atoms with Gasteiger partial charge in [0.15, 0.2) is 17.3 Å². The van der Waals surface area contributed by atoms with Gasteiger partial charge in [-0.15, -0.1) is 0 Å². The van der Waals surface area contributed by atoms with Crippen LogP contribution < -0.4 is 20.1 Å². The van der Waals surface area contributed by atoms with E-state index in [1.54, 1.807) is 12.2 Å². The van der Waals surface area contributed by atoms with Crippen molar-refractivity contribution in [3.63, 3.8) is 0 Å². The quantitative estimate of drug-likeness (QED) is 0.146. The Morgan fingerprint density at radius 3 is 2.14 bits per heavy atom. The number of ether oxygens (including phenoxy) is 3. The van der Waals surface area contributed by atoms with E-state index in [2.05, 4.69) is 82.3 Å². The minimum absolute atomic E-state index is 0.0227. The molecule has 2 heterocycles. The van der Waals surface area contributed by atoms with Crippen molar-refractivity contribution in [3.8, 4) is 17.2 Å². The van der Waals surface area contributed by atoms with Gasteiger partial charge in [-0.3, -0.25) is 10.6 Å². The third kappa shape index (κ3) is 6.05. The van der Waals surface area contributed by atoms with Gasteiger partial charge in [0.25, 0.3) is 0 Å². The zero-order chi connectivity index (χ0) is 30.8. The van der Waals surface area contributed by atoms with Gasteiger partial charge >= 0.3 is 0 Å². The number of hydrogen-bond donors (Lipinski definition) is 1. The van der Waals surface area contributed by atoms with Gasteiger partial charge in [0, 0.05) is 17.6 Å². The molecule has 2 aliphatic heterocycles. The number of carbonyl (C=O) groups excluding carboxylic acids is 1. The zero-order valence-electron chi connectivity index (χ0n) is 25.7. The number of carbonyl (C=O) groups is 1. The molecule has 7 rings (SSSR count). The topological polar surface area (TPSA) is 74.0 Å². The molecule has 3 aliphatic rings. The van der Waals surface area contributed by atoms with Crippen LogP contribution >= 0.6 is 0 Å². The van der Waals surface area contributed by atoms with E-state index in [0.717, 1.165) is 34.8 Å². The van der Waals surface area contributed by atoms with Crippen LogP contribution in [0.1, 0.15) is 51.9 Å². The van der Waals surface area contributed by atoms with Crippen molar-refractivity contribution >= 4 is 11.9 Å². The van der Waals surface area contributed by atoms with Crippen LogP contribution in [0.3, 0.4) is 0 Å². The maximum absolute atomic E-state index is 11.1. The molecular weight excluding hydrogens is 548 g/mol. The number of hydrogen-bond acceptors (Lipinski definition) is 6. The molecular formula is C38H38N2O4. The lowest BCUT2D eigenvalue weighted by atomic mass is 9.92. The predicted octanol–water partition coefficient (Wildman–Crippen LogP) is 7.21. The Labute approximate surface area is 259 Å². The van der Waals surface area contributed by atoms with Crippen molar-refractivity contribution in [2.75, 3.05) is 13.3 Å². The third-order valence-corrected chi connectivity index (χ3v) is 8.51. The van der Waals surface area contributed by atoms with Gasteiger partial charge in [-0.1, -0.05) is 72.8 Å². The number of allylic oxidation sites excluding steroid dienone is 3. The molecule has 1 aliphatic carbocycles. The van der Waals surface area contributed by atoms with Crippen LogP contribution in [0, 0.1) is 20.8 Å². The molecule has 0 fully saturated rings. The Morgan fingerprint density at radius 2 is 1.52 bits per heavy atom. The Morgan fingerprint density at radius 1 is 0.864 bits per heavy atom. The molecule has 6 heteroatoms. The number of nitrogens with zero attached hydrogens (tertiary/aromatic N) is 1. The van der Waals surface area contributed by atoms with Gasteiger partial charge in [-0.2, -0.15) is 0 Å². The molecule has 4 aromatic carbocycles. The first kappa shape index (κ1) is 29.4. The van der Waals surface area contributed by atoms with Crippen molar-refractivity contribution in [3.05, 3.63) is 142 Å². The van der Waals surface area contributed by atoms with E-state index in [1.165, 1.54) is 33.4 Å². The number of benzene rings is 4. The summed E-state index contributed by atoms with van der Waals surface area (Å²) in [5.41, 5.74) is 8.83. The highest BCUT2D eigenvalue weighted by Crippen LogP contribution is 2.42. The SMILES string of the molecule is Cc1cc(C)c2c(c1C)OC(C)(CN(N)C(c1ccccc1)c1ccccc1)C2.O=C1C=CC1=Cc1ccc2c(c1)OCO2. The first-order valence-electron chi connectivity index (χ1n) is 14.9. The summed E-state index contributed by atoms with van der Waals surface area (Å²) in [6, 6.07) is 28.8. The van der Waals surface area contributed by atoms with Crippen LogP contribution in [0.25, 0.3) is 6.08 Å². The maximum Gasteiger partial charge on any atom is 0.231 e. The van der Waals surface area contributed by atoms with E-state index in [4.69, 9.17) is 20.1 Å². The molecule has 6 nitrogen and oxygen atoms in total. The fraction of sp³-hybridized carbons (Fsp3) is 0.237. The minimum atomic E-state index is -0.359. The number of nitrogens with two attached hydrogens (primary N) is 1. The van der Waals surface area contributed by atoms with E-state index in [9.17, 15) is 4.79 Å². The highest BCUT2D eigenvalue weighted by molar-refractivity contribution is 6.16. The van der Waals surface area contributed by atoms with Crippen molar-refractivity contribution in [1.29, 1.82) is 0 Å². The predicted molar refractivity (Wildman–Crippen MR) is 174 cm³/mol. The van der Waals surface area contributed by atoms with E-state index in [1.807, 2.05) is 41.4 Å². The lowest BCUT2D eigenvalue weighted by Crippen LogP contribution is -2.49. The molecule has 224 valence electrons. The van der Waals surface area contributed by atoms with Crippen LogP contribution in [-0.4, -0.2) is 29.7 Å². The highest BCUT2D eigenvalue weighted by Gasteiger charge is 2.39. The zero-order valence-corrected chi connectivity index (χ0v) is 25.7. The highest BCUT2D eigenvalue weighted by atomic mass is 16.7. The lowest BCUT2D eigenvalue weighted by molar-refractivity contribution is -0.111. The summed E-state index contributed by atoms with van der Waals surface area (Å²) in [4.78, 5) is 11.1. The maximum atomic E-state index is 11.1. The summed E-state index contributed by atoms with van der Waals surface area (Å²) in [6.07, 6.45) is 6.06. The average molecular weight is 587 g/mol. The van der Waals surface area contributed by atoms with E-state index < -0.39 is 0 Å². The molecule has 0 saturated heterocycles. The van der Waals surface area contributed by atoms with Crippen molar-refractivity contribution in [2.24, 2.45) is 5.84 Å². The number of aryl methyl sites for hydroxylation is 2. The Kier molecular flexibility index (Phi) is 8.13. The molecule has 1 atom stereocenters. The van der Waals surface area contributed by atoms with Crippen LogP contribution in [0.5, 0.6) is 17.2 Å². The minimum Gasteiger partial charge on any atom is -0.485 e. The monoisotopic (exact) mass is 586 g/mol. The van der Waals surface area contributed by atoms with Crippen LogP contribution in [0.15, 0.2) is 103 Å². The van der Waals surface area contributed by atoms with Gasteiger partial charge in [0.05, 0.1) is 12.6 Å². The lowest BCUT2D eigenvalue weighted by Gasteiger charge is -2.35. The van der Waals surface area contributed by atoms with Crippen molar-refractivity contribution in [2.45, 2.75) is 45.8 Å². The van der Waals surface area contributed by atoms with E-state index >= 15 is 0 Å². The fourth-order valence-corrected chi connectivity index (χ4v) is 6.08. The average Bonchev–Trinajstić information content (AvgIpc) is 3.64. The summed E-state index contributed by atoms with van der Waals surface area (Å²) in [5, 5.41) is 1.94. The number of ketones is 1. The molecule has 1 unspecified atom stereocenters. The summed E-state index contributed by atoms with van der Waals surface area (Å²) in [6.45, 7) is 9.56. The molecule has 2 N–H and O–H groups in total. The van der Waals surface area contributed by atoms with Gasteiger partial charge in [-0.25, -0.2) is 5.01 Å². The fourth-order valence-electron chi connectivity index (χ4n) is 6.08. The molecule has 0 bridgehead atoms. The Balaban J connectivity index is 0.000000190. The van der Waals surface area contributed by atoms with Gasteiger partial charge in [-0.05, 0) is 91.4 Å². The van der Waals surface area contributed by atoms with Gasteiger partial charge in [0.2, 0.25) is 6.79 Å².